The summed E-state index contributed by atoms with van der Waals surface area (Å²) in [5, 5.41) is 1.35. The molecule has 1 aromatic heterocycles. The number of para-hydroxylation sites is 1. The van der Waals surface area contributed by atoms with Crippen LogP contribution in [0.15, 0.2) is 30.5 Å². The molecule has 2 heterocycles. The van der Waals surface area contributed by atoms with E-state index in [4.69, 9.17) is 0 Å². The second-order valence-corrected chi connectivity index (χ2v) is 6.49. The van der Waals surface area contributed by atoms with Crippen LogP contribution in [0.5, 0.6) is 0 Å². The molecule has 1 aromatic carbocycles. The summed E-state index contributed by atoms with van der Waals surface area (Å²) in [7, 11) is 0. The SMILES string of the molecule is CCCCC(=O)N1CCC(Cc2c[nH]c3ccccc23)CC1. The average molecular weight is 298 g/mol. The van der Waals surface area contributed by atoms with Crippen LogP contribution < -0.4 is 0 Å². The first-order valence-corrected chi connectivity index (χ1v) is 8.60. The summed E-state index contributed by atoms with van der Waals surface area (Å²) in [4.78, 5) is 17.5. The number of piperidine rings is 1. The first kappa shape index (κ1) is 15.1. The van der Waals surface area contributed by atoms with E-state index in [0.29, 0.717) is 11.8 Å². The van der Waals surface area contributed by atoms with Gasteiger partial charge in [0.15, 0.2) is 0 Å². The summed E-state index contributed by atoms with van der Waals surface area (Å²) in [6.07, 6.45) is 8.40. The van der Waals surface area contributed by atoms with E-state index in [-0.39, 0.29) is 0 Å². The summed E-state index contributed by atoms with van der Waals surface area (Å²) in [5.41, 5.74) is 2.65. The lowest BCUT2D eigenvalue weighted by molar-refractivity contribution is -0.132. The third kappa shape index (κ3) is 3.34. The van der Waals surface area contributed by atoms with Crippen LogP contribution in [0.3, 0.4) is 0 Å². The number of rotatable bonds is 5. The molecule has 3 rings (SSSR count). The third-order valence-corrected chi connectivity index (χ3v) is 4.89. The van der Waals surface area contributed by atoms with Gasteiger partial charge in [-0.05, 0) is 43.2 Å². The number of benzene rings is 1. The molecule has 1 saturated heterocycles. The van der Waals surface area contributed by atoms with E-state index >= 15 is 0 Å². The van der Waals surface area contributed by atoms with Crippen LogP contribution in [-0.4, -0.2) is 28.9 Å². The van der Waals surface area contributed by atoms with Gasteiger partial charge in [-0.1, -0.05) is 31.5 Å². The minimum absolute atomic E-state index is 0.354. The van der Waals surface area contributed by atoms with Crippen molar-refractivity contribution >= 4 is 16.8 Å². The van der Waals surface area contributed by atoms with Gasteiger partial charge in [0, 0.05) is 36.6 Å². The van der Waals surface area contributed by atoms with Crippen molar-refractivity contribution in [2.24, 2.45) is 5.92 Å². The Bertz CT molecular complexity index is 623. The van der Waals surface area contributed by atoms with Crippen LogP contribution in [0.2, 0.25) is 0 Å². The molecule has 118 valence electrons. The van der Waals surface area contributed by atoms with E-state index in [1.165, 1.54) is 16.5 Å². The fraction of sp³-hybridized carbons (Fsp3) is 0.526. The summed E-state index contributed by atoms with van der Waals surface area (Å²) >= 11 is 0. The molecule has 1 aliphatic rings. The molecule has 1 N–H and O–H groups in total. The lowest BCUT2D eigenvalue weighted by Gasteiger charge is -2.32. The number of amides is 1. The van der Waals surface area contributed by atoms with Crippen molar-refractivity contribution in [1.29, 1.82) is 0 Å². The Hall–Kier alpha value is -1.77. The standard InChI is InChI=1S/C19H26N2O/c1-2-3-8-19(22)21-11-9-15(10-12-21)13-16-14-20-18-7-5-4-6-17(16)18/h4-7,14-15,20H,2-3,8-13H2,1H3. The Balaban J connectivity index is 1.55. The zero-order chi connectivity index (χ0) is 15.4. The number of carbonyl (C=O) groups excluding carboxylic acids is 1. The van der Waals surface area contributed by atoms with Gasteiger partial charge in [-0.3, -0.25) is 4.79 Å². The number of aromatic amines is 1. The predicted molar refractivity (Wildman–Crippen MR) is 90.8 cm³/mol. The Morgan fingerprint density at radius 2 is 2.05 bits per heavy atom. The van der Waals surface area contributed by atoms with E-state index in [2.05, 4.69) is 47.3 Å². The molecule has 1 fully saturated rings. The van der Waals surface area contributed by atoms with Gasteiger partial charge in [0.2, 0.25) is 5.91 Å². The van der Waals surface area contributed by atoms with Crippen LogP contribution in [0.4, 0.5) is 0 Å². The van der Waals surface area contributed by atoms with Gasteiger partial charge in [-0.25, -0.2) is 0 Å². The van der Waals surface area contributed by atoms with Crippen LogP contribution >= 0.6 is 0 Å². The van der Waals surface area contributed by atoms with Gasteiger partial charge < -0.3 is 9.88 Å². The highest BCUT2D eigenvalue weighted by atomic mass is 16.2. The number of fused-ring (bicyclic) bond motifs is 1. The summed E-state index contributed by atoms with van der Waals surface area (Å²) in [6, 6.07) is 8.51. The normalized spacial score (nSPS) is 16.3. The summed E-state index contributed by atoms with van der Waals surface area (Å²) < 4.78 is 0. The van der Waals surface area contributed by atoms with Crippen LogP contribution in [0.25, 0.3) is 10.9 Å². The molecule has 0 aliphatic carbocycles. The zero-order valence-corrected chi connectivity index (χ0v) is 13.5. The van der Waals surface area contributed by atoms with E-state index in [0.717, 1.165) is 51.6 Å². The van der Waals surface area contributed by atoms with Crippen molar-refractivity contribution in [3.05, 3.63) is 36.0 Å². The minimum Gasteiger partial charge on any atom is -0.361 e. The average Bonchev–Trinajstić information content (AvgIpc) is 2.96. The molecule has 1 amide bonds. The molecule has 3 heteroatoms. The molecule has 0 spiro atoms. The van der Waals surface area contributed by atoms with Gasteiger partial charge in [0.05, 0.1) is 0 Å². The Kier molecular flexibility index (Phi) is 4.81. The number of carbonyl (C=O) groups is 1. The molecule has 0 saturated carbocycles. The maximum Gasteiger partial charge on any atom is 0.222 e. The number of likely N-dealkylation sites (tertiary alicyclic amines) is 1. The van der Waals surface area contributed by atoms with Gasteiger partial charge in [-0.15, -0.1) is 0 Å². The first-order chi connectivity index (χ1) is 10.8. The molecule has 2 aromatic rings. The number of H-pyrrole nitrogens is 1. The van der Waals surface area contributed by atoms with Crippen molar-refractivity contribution in [3.8, 4) is 0 Å². The number of nitrogens with zero attached hydrogens (tertiary/aromatic N) is 1. The van der Waals surface area contributed by atoms with Crippen LogP contribution in [0.1, 0.15) is 44.6 Å². The smallest absolute Gasteiger partial charge is 0.222 e. The fourth-order valence-corrected chi connectivity index (χ4v) is 3.48. The zero-order valence-electron chi connectivity index (χ0n) is 13.5. The number of hydrogen-bond donors (Lipinski definition) is 1. The van der Waals surface area contributed by atoms with Crippen molar-refractivity contribution in [2.45, 2.75) is 45.4 Å². The number of unbranched alkanes of at least 4 members (excludes halogenated alkanes) is 1. The highest BCUT2D eigenvalue weighted by Crippen LogP contribution is 2.26. The molecule has 0 unspecified atom stereocenters. The second-order valence-electron chi connectivity index (χ2n) is 6.49. The lowest BCUT2D eigenvalue weighted by atomic mass is 9.90. The summed E-state index contributed by atoms with van der Waals surface area (Å²) in [6.45, 7) is 4.02. The highest BCUT2D eigenvalue weighted by molar-refractivity contribution is 5.83. The van der Waals surface area contributed by atoms with Crippen molar-refractivity contribution in [2.75, 3.05) is 13.1 Å². The molecular weight excluding hydrogens is 272 g/mol. The van der Waals surface area contributed by atoms with E-state index < -0.39 is 0 Å². The molecule has 1 aliphatic heterocycles. The molecule has 0 atom stereocenters. The van der Waals surface area contributed by atoms with Gasteiger partial charge >= 0.3 is 0 Å². The van der Waals surface area contributed by atoms with E-state index in [9.17, 15) is 4.79 Å². The molecule has 0 bridgehead atoms. The third-order valence-electron chi connectivity index (χ3n) is 4.89. The fourth-order valence-electron chi connectivity index (χ4n) is 3.48. The van der Waals surface area contributed by atoms with Crippen LogP contribution in [-0.2, 0) is 11.2 Å². The maximum atomic E-state index is 12.1. The molecule has 0 radical (unpaired) electrons. The highest BCUT2D eigenvalue weighted by Gasteiger charge is 2.23. The van der Waals surface area contributed by atoms with Gasteiger partial charge in [-0.2, -0.15) is 0 Å². The van der Waals surface area contributed by atoms with E-state index in [1.807, 2.05) is 0 Å². The van der Waals surface area contributed by atoms with Crippen molar-refractivity contribution in [3.63, 3.8) is 0 Å². The Morgan fingerprint density at radius 1 is 1.27 bits per heavy atom. The Labute approximate surface area is 132 Å². The number of nitrogens with one attached hydrogen (secondary N) is 1. The number of hydrogen-bond acceptors (Lipinski definition) is 1. The van der Waals surface area contributed by atoms with Gasteiger partial charge in [0.1, 0.15) is 0 Å². The molecule has 22 heavy (non-hydrogen) atoms. The number of aromatic nitrogens is 1. The first-order valence-electron chi connectivity index (χ1n) is 8.60. The summed E-state index contributed by atoms with van der Waals surface area (Å²) in [5.74, 6) is 1.06. The minimum atomic E-state index is 0.354. The quantitative estimate of drug-likeness (QED) is 0.885. The Morgan fingerprint density at radius 3 is 2.82 bits per heavy atom. The van der Waals surface area contributed by atoms with Crippen molar-refractivity contribution < 1.29 is 4.79 Å². The molecular formula is C19H26N2O. The largest absolute Gasteiger partial charge is 0.361 e. The maximum absolute atomic E-state index is 12.1. The predicted octanol–water partition coefficient (Wildman–Crippen LogP) is 4.14. The topological polar surface area (TPSA) is 36.1 Å². The van der Waals surface area contributed by atoms with E-state index in [1.54, 1.807) is 0 Å². The van der Waals surface area contributed by atoms with Crippen molar-refractivity contribution in [1.82, 2.24) is 9.88 Å². The second kappa shape index (κ2) is 6.99. The lowest BCUT2D eigenvalue weighted by Crippen LogP contribution is -2.38. The van der Waals surface area contributed by atoms with Crippen LogP contribution in [0, 0.1) is 5.92 Å². The van der Waals surface area contributed by atoms with Gasteiger partial charge in [0.25, 0.3) is 0 Å². The molecule has 3 nitrogen and oxygen atoms in total. The monoisotopic (exact) mass is 298 g/mol.